The summed E-state index contributed by atoms with van der Waals surface area (Å²) < 4.78 is 76.2. The van der Waals surface area contributed by atoms with Crippen LogP contribution in [0.1, 0.15) is 40.7 Å². The Morgan fingerprint density at radius 2 is 2.03 bits per heavy atom. The zero-order valence-corrected chi connectivity index (χ0v) is 20.4. The molecule has 1 aromatic carbocycles. The molecule has 0 saturated heterocycles. The van der Waals surface area contributed by atoms with Crippen LogP contribution in [0.15, 0.2) is 23.3 Å². The Balaban J connectivity index is 1.60. The SMILES string of the molecule is COC[C@]12C[C@H]1[C@@](C)(c1cc(CC(=O)c3ncc(OCC(F)(F)F)nc3C)cc(F)c1F)N=C(N)S2. The smallest absolute Gasteiger partial charge is 0.422 e. The monoisotopic (exact) mass is 530 g/mol. The number of hydrogen-bond acceptors (Lipinski definition) is 8. The Morgan fingerprint density at radius 1 is 1.31 bits per heavy atom. The van der Waals surface area contributed by atoms with Gasteiger partial charge in [0.2, 0.25) is 5.88 Å². The molecule has 0 unspecified atom stereocenters. The van der Waals surface area contributed by atoms with Crippen molar-refractivity contribution in [3.8, 4) is 5.88 Å². The van der Waals surface area contributed by atoms with Gasteiger partial charge in [-0.1, -0.05) is 11.8 Å². The molecule has 0 radical (unpaired) electrons. The Kier molecular flexibility index (Phi) is 6.75. The molecule has 0 bridgehead atoms. The number of alkyl halides is 3. The number of rotatable bonds is 8. The van der Waals surface area contributed by atoms with Gasteiger partial charge in [0.1, 0.15) is 5.69 Å². The normalized spacial score (nSPS) is 25.2. The van der Waals surface area contributed by atoms with Gasteiger partial charge < -0.3 is 15.2 Å². The third kappa shape index (κ3) is 5.03. The number of aliphatic imine (C=N–C) groups is 1. The largest absolute Gasteiger partial charge is 0.467 e. The number of benzene rings is 1. The first-order valence-electron chi connectivity index (χ1n) is 10.9. The van der Waals surface area contributed by atoms with Gasteiger partial charge in [-0.25, -0.2) is 18.7 Å². The number of aromatic nitrogens is 2. The second kappa shape index (κ2) is 9.25. The Bertz CT molecular complexity index is 1240. The predicted octanol–water partition coefficient (Wildman–Crippen LogP) is 4.11. The molecule has 0 spiro atoms. The number of nitrogens with zero attached hydrogens (tertiary/aromatic N) is 3. The Labute approximate surface area is 207 Å². The second-order valence-electron chi connectivity index (χ2n) is 9.04. The van der Waals surface area contributed by atoms with Crippen LogP contribution in [0.3, 0.4) is 0 Å². The number of methoxy groups -OCH3 is 1. The van der Waals surface area contributed by atoms with E-state index in [4.69, 9.17) is 10.5 Å². The topological polar surface area (TPSA) is 99.7 Å². The molecule has 2 N–H and O–H groups in total. The van der Waals surface area contributed by atoms with Crippen molar-refractivity contribution < 1.29 is 36.2 Å². The molecule has 2 aliphatic rings. The van der Waals surface area contributed by atoms with Crippen molar-refractivity contribution in [2.24, 2.45) is 16.6 Å². The highest BCUT2D eigenvalue weighted by Crippen LogP contribution is 2.66. The number of ketones is 1. The van der Waals surface area contributed by atoms with Crippen molar-refractivity contribution in [3.63, 3.8) is 0 Å². The lowest BCUT2D eigenvalue weighted by atomic mass is 9.84. The molecule has 13 heteroatoms. The van der Waals surface area contributed by atoms with E-state index in [0.717, 1.165) is 12.3 Å². The molecule has 1 aliphatic heterocycles. The van der Waals surface area contributed by atoms with Crippen LogP contribution in [0, 0.1) is 24.5 Å². The summed E-state index contributed by atoms with van der Waals surface area (Å²) in [5, 5.41) is 0.239. The number of carbonyl (C=O) groups excluding carboxylic acids is 1. The number of ether oxygens (including phenoxy) is 2. The van der Waals surface area contributed by atoms with Crippen LogP contribution in [0.5, 0.6) is 5.88 Å². The van der Waals surface area contributed by atoms with Crippen LogP contribution >= 0.6 is 11.8 Å². The quantitative estimate of drug-likeness (QED) is 0.405. The van der Waals surface area contributed by atoms with Gasteiger partial charge >= 0.3 is 6.18 Å². The highest BCUT2D eigenvalue weighted by atomic mass is 32.2. The van der Waals surface area contributed by atoms with Gasteiger partial charge in [-0.3, -0.25) is 9.79 Å². The van der Waals surface area contributed by atoms with Crippen molar-refractivity contribution in [1.29, 1.82) is 0 Å². The van der Waals surface area contributed by atoms with E-state index >= 15 is 4.39 Å². The van der Waals surface area contributed by atoms with E-state index < -0.39 is 35.7 Å². The maximum absolute atomic E-state index is 15.0. The number of halogens is 5. The molecule has 36 heavy (non-hydrogen) atoms. The molecule has 2 aromatic rings. The zero-order valence-electron chi connectivity index (χ0n) is 19.6. The summed E-state index contributed by atoms with van der Waals surface area (Å²) in [6, 6.07) is 2.31. The molecule has 1 fully saturated rings. The van der Waals surface area contributed by atoms with Gasteiger partial charge in [0.15, 0.2) is 29.2 Å². The van der Waals surface area contributed by atoms with Crippen molar-refractivity contribution in [3.05, 3.63) is 52.5 Å². The van der Waals surface area contributed by atoms with Gasteiger partial charge in [0.25, 0.3) is 0 Å². The van der Waals surface area contributed by atoms with Gasteiger partial charge in [-0.15, -0.1) is 0 Å². The molecule has 3 atom stereocenters. The number of hydrogen-bond donors (Lipinski definition) is 1. The number of thioether (sulfide) groups is 1. The van der Waals surface area contributed by atoms with Gasteiger partial charge in [0.05, 0.1) is 28.8 Å². The molecule has 194 valence electrons. The summed E-state index contributed by atoms with van der Waals surface area (Å²) in [6.45, 7) is 1.89. The van der Waals surface area contributed by atoms with Crippen molar-refractivity contribution in [2.75, 3.05) is 20.3 Å². The standard InChI is InChI=1S/C23H23F5N4O3S/c1-11-19(30-8-17(31-11)35-10-23(26,27)28)15(33)6-12-4-13(18(25)14(24)5-12)21(2)16-7-22(16,9-34-3)36-20(29)32-21/h4-5,8,16H,6-7,9-10H2,1-3H3,(H2,29,32)/t16-,21+,22+/m0/s1. The van der Waals surface area contributed by atoms with E-state index in [9.17, 15) is 22.4 Å². The van der Waals surface area contributed by atoms with Gasteiger partial charge in [-0.05, 0) is 38.0 Å². The number of nitrogens with two attached hydrogens (primary N) is 1. The minimum absolute atomic E-state index is 0.0183. The van der Waals surface area contributed by atoms with Crippen LogP contribution in [-0.2, 0) is 16.7 Å². The molecule has 4 rings (SSSR count). The zero-order chi connectivity index (χ0) is 26.5. The molecule has 1 saturated carbocycles. The average molecular weight is 531 g/mol. The number of aryl methyl sites for hydroxylation is 1. The Morgan fingerprint density at radius 3 is 2.67 bits per heavy atom. The summed E-state index contributed by atoms with van der Waals surface area (Å²) in [6.07, 6.45) is -3.35. The van der Waals surface area contributed by atoms with E-state index in [-0.39, 0.29) is 50.6 Å². The van der Waals surface area contributed by atoms with Crippen LogP contribution in [0.2, 0.25) is 0 Å². The first-order chi connectivity index (χ1) is 16.8. The fourth-order valence-corrected chi connectivity index (χ4v) is 6.12. The lowest BCUT2D eigenvalue weighted by Crippen LogP contribution is -2.38. The maximum atomic E-state index is 15.0. The minimum atomic E-state index is -4.56. The van der Waals surface area contributed by atoms with E-state index in [2.05, 4.69) is 19.7 Å². The first kappa shape index (κ1) is 26.3. The van der Waals surface area contributed by atoms with Crippen LogP contribution in [0.4, 0.5) is 22.0 Å². The highest BCUT2D eigenvalue weighted by molar-refractivity contribution is 8.15. The fraction of sp³-hybridized carbons (Fsp3) is 0.478. The lowest BCUT2D eigenvalue weighted by molar-refractivity contribution is -0.154. The molecule has 0 amide bonds. The third-order valence-corrected chi connectivity index (χ3v) is 7.59. The van der Waals surface area contributed by atoms with Crippen LogP contribution in [-0.4, -0.2) is 52.2 Å². The van der Waals surface area contributed by atoms with E-state index in [1.807, 2.05) is 0 Å². The molecule has 1 aliphatic carbocycles. The number of Topliss-reactive ketones (excluding diaryl/α,β-unsaturated/α-hetero) is 1. The minimum Gasteiger partial charge on any atom is -0.467 e. The first-order valence-corrected chi connectivity index (χ1v) is 11.7. The molecular weight excluding hydrogens is 507 g/mol. The van der Waals surface area contributed by atoms with Gasteiger partial charge in [0, 0.05) is 25.0 Å². The Hall–Kier alpha value is -2.80. The average Bonchev–Trinajstić information content (AvgIpc) is 3.49. The van der Waals surface area contributed by atoms with E-state index in [1.54, 1.807) is 14.0 Å². The summed E-state index contributed by atoms with van der Waals surface area (Å²) in [4.78, 5) is 25.1. The molecular formula is C23H23F5N4O3S. The van der Waals surface area contributed by atoms with Crippen molar-refractivity contribution in [2.45, 2.75) is 43.2 Å². The summed E-state index contributed by atoms with van der Waals surface area (Å²) >= 11 is 1.36. The fourth-order valence-electron chi connectivity index (χ4n) is 4.67. The second-order valence-corrected chi connectivity index (χ2v) is 10.5. The highest BCUT2D eigenvalue weighted by Gasteiger charge is 2.66. The van der Waals surface area contributed by atoms with E-state index in [1.165, 1.54) is 24.8 Å². The van der Waals surface area contributed by atoms with Crippen molar-refractivity contribution in [1.82, 2.24) is 9.97 Å². The number of amidine groups is 1. The van der Waals surface area contributed by atoms with Gasteiger partial charge in [-0.2, -0.15) is 13.2 Å². The summed E-state index contributed by atoms with van der Waals surface area (Å²) in [5.74, 6) is -3.33. The summed E-state index contributed by atoms with van der Waals surface area (Å²) in [5.41, 5.74) is 4.96. The van der Waals surface area contributed by atoms with E-state index in [0.29, 0.717) is 13.0 Å². The molecule has 7 nitrogen and oxygen atoms in total. The summed E-state index contributed by atoms with van der Waals surface area (Å²) in [7, 11) is 1.55. The third-order valence-electron chi connectivity index (χ3n) is 6.31. The maximum Gasteiger partial charge on any atom is 0.422 e. The molecule has 1 aromatic heterocycles. The number of fused-ring (bicyclic) bond motifs is 1. The van der Waals surface area contributed by atoms with Crippen LogP contribution in [0.25, 0.3) is 0 Å². The lowest BCUT2D eigenvalue weighted by Gasteiger charge is -2.34. The van der Waals surface area contributed by atoms with Crippen molar-refractivity contribution >= 4 is 22.7 Å². The molecule has 2 heterocycles. The van der Waals surface area contributed by atoms with Crippen LogP contribution < -0.4 is 10.5 Å². The predicted molar refractivity (Wildman–Crippen MR) is 122 cm³/mol. The number of carbonyl (C=O) groups is 1.